The maximum absolute atomic E-state index is 13.8. The summed E-state index contributed by atoms with van der Waals surface area (Å²) in [5, 5.41) is 3.45. The smallest absolute Gasteiger partial charge is 0.220 e. The van der Waals surface area contributed by atoms with Crippen LogP contribution in [-0.4, -0.2) is 11.9 Å². The lowest BCUT2D eigenvalue weighted by Gasteiger charge is -2.30. The maximum atomic E-state index is 13.8. The highest BCUT2D eigenvalue weighted by atomic mass is 79.9. The Morgan fingerprint density at radius 3 is 2.65 bits per heavy atom. The van der Waals surface area contributed by atoms with Crippen LogP contribution in [0.1, 0.15) is 44.2 Å². The number of hydrogen-bond acceptors (Lipinski definition) is 2. The molecule has 0 saturated heterocycles. The van der Waals surface area contributed by atoms with Gasteiger partial charge in [-0.15, -0.1) is 0 Å². The van der Waals surface area contributed by atoms with E-state index in [9.17, 15) is 9.18 Å². The number of carbonyl (C=O) groups excluding carboxylic acids is 1. The monoisotopic (exact) mass is 342 g/mol. The van der Waals surface area contributed by atoms with Crippen LogP contribution in [0.2, 0.25) is 0 Å². The van der Waals surface area contributed by atoms with Crippen molar-refractivity contribution in [3.63, 3.8) is 0 Å². The van der Waals surface area contributed by atoms with E-state index in [2.05, 4.69) is 21.2 Å². The summed E-state index contributed by atoms with van der Waals surface area (Å²) in [6.45, 7) is 1.96. The fraction of sp³-hybridized carbons (Fsp3) is 0.533. The number of halogens is 2. The van der Waals surface area contributed by atoms with Gasteiger partial charge in [-0.2, -0.15) is 0 Å². The van der Waals surface area contributed by atoms with E-state index >= 15 is 0 Å². The lowest BCUT2D eigenvalue weighted by Crippen LogP contribution is -2.38. The van der Waals surface area contributed by atoms with Crippen molar-refractivity contribution < 1.29 is 9.18 Å². The predicted molar refractivity (Wildman–Crippen MR) is 80.6 cm³/mol. The summed E-state index contributed by atoms with van der Waals surface area (Å²) < 4.78 is 14.7. The van der Waals surface area contributed by atoms with Gasteiger partial charge in [0, 0.05) is 28.0 Å². The molecule has 3 N–H and O–H groups in total. The van der Waals surface area contributed by atoms with Gasteiger partial charge in [-0.25, -0.2) is 4.39 Å². The van der Waals surface area contributed by atoms with E-state index < -0.39 is 0 Å². The molecule has 1 aliphatic carbocycles. The molecule has 1 fully saturated rings. The lowest BCUT2D eigenvalue weighted by molar-refractivity contribution is -0.122. The van der Waals surface area contributed by atoms with E-state index in [1.54, 1.807) is 6.07 Å². The molecule has 1 aliphatic rings. The fourth-order valence-corrected chi connectivity index (χ4v) is 3.21. The number of benzene rings is 1. The van der Waals surface area contributed by atoms with Crippen LogP contribution >= 0.6 is 15.9 Å². The molecule has 0 aromatic heterocycles. The van der Waals surface area contributed by atoms with Gasteiger partial charge in [-0.05, 0) is 50.8 Å². The first-order valence-corrected chi connectivity index (χ1v) is 7.77. The van der Waals surface area contributed by atoms with Gasteiger partial charge < -0.3 is 11.1 Å². The van der Waals surface area contributed by atoms with Gasteiger partial charge in [0.05, 0.1) is 0 Å². The number of nitrogens with two attached hydrogens (primary N) is 1. The van der Waals surface area contributed by atoms with E-state index in [1.807, 2.05) is 13.0 Å². The van der Waals surface area contributed by atoms with Crippen LogP contribution in [0.15, 0.2) is 22.7 Å². The molecule has 1 atom stereocenters. The fourth-order valence-electron chi connectivity index (χ4n) is 2.83. The zero-order valence-electron chi connectivity index (χ0n) is 11.5. The molecule has 20 heavy (non-hydrogen) atoms. The molecule has 1 saturated carbocycles. The molecule has 3 nitrogen and oxygen atoms in total. The maximum Gasteiger partial charge on any atom is 0.220 e. The number of carbonyl (C=O) groups is 1. The van der Waals surface area contributed by atoms with Crippen LogP contribution in [0, 0.1) is 11.7 Å². The molecule has 110 valence electrons. The third kappa shape index (κ3) is 3.79. The summed E-state index contributed by atoms with van der Waals surface area (Å²) in [6.07, 6.45) is 3.46. The average molecular weight is 343 g/mol. The molecule has 1 amide bonds. The summed E-state index contributed by atoms with van der Waals surface area (Å²) in [5.41, 5.74) is 5.99. The van der Waals surface area contributed by atoms with Crippen LogP contribution in [0.4, 0.5) is 4.39 Å². The van der Waals surface area contributed by atoms with E-state index in [0.717, 1.165) is 30.2 Å². The Morgan fingerprint density at radius 2 is 2.05 bits per heavy atom. The second-order valence-electron chi connectivity index (χ2n) is 5.51. The molecule has 0 heterocycles. The van der Waals surface area contributed by atoms with Gasteiger partial charge in [-0.3, -0.25) is 4.79 Å². The minimum absolute atomic E-state index is 0.00552. The highest BCUT2D eigenvalue weighted by Gasteiger charge is 2.26. The van der Waals surface area contributed by atoms with Crippen LogP contribution in [0.3, 0.4) is 0 Å². The number of nitrogens with one attached hydrogen (secondary N) is 1. The second-order valence-corrected chi connectivity index (χ2v) is 6.42. The van der Waals surface area contributed by atoms with E-state index in [0.29, 0.717) is 11.6 Å². The van der Waals surface area contributed by atoms with Gasteiger partial charge >= 0.3 is 0 Å². The predicted octanol–water partition coefficient (Wildman–Crippen LogP) is 3.28. The zero-order chi connectivity index (χ0) is 14.7. The molecule has 5 heteroatoms. The van der Waals surface area contributed by atoms with Crippen molar-refractivity contribution >= 4 is 21.8 Å². The van der Waals surface area contributed by atoms with Gasteiger partial charge in [0.25, 0.3) is 0 Å². The Labute approximate surface area is 127 Å². The normalized spacial score (nSPS) is 24.4. The Kier molecular flexibility index (Phi) is 5.16. The largest absolute Gasteiger partial charge is 0.369 e. The minimum Gasteiger partial charge on any atom is -0.369 e. The quantitative estimate of drug-likeness (QED) is 0.882. The first-order chi connectivity index (χ1) is 9.47. The molecular weight excluding hydrogens is 323 g/mol. The molecule has 0 bridgehead atoms. The Morgan fingerprint density at radius 1 is 1.40 bits per heavy atom. The molecular formula is C15H20BrFN2O. The molecule has 1 aromatic carbocycles. The Balaban J connectivity index is 1.94. The number of hydrogen-bond donors (Lipinski definition) is 2. The summed E-state index contributed by atoms with van der Waals surface area (Å²) in [4.78, 5) is 11.1. The third-order valence-corrected chi connectivity index (χ3v) is 4.53. The zero-order valence-corrected chi connectivity index (χ0v) is 13.1. The number of rotatable bonds is 4. The standard InChI is InChI=1S/C15H20BrFN2O/c1-9(13-8-11(16)4-7-14(13)17)19-12-5-2-10(3-6-12)15(18)20/h4,7-10,12,19H,2-3,5-6H2,1H3,(H2,18,20). The second kappa shape index (κ2) is 6.68. The van der Waals surface area contributed by atoms with Gasteiger partial charge in [0.1, 0.15) is 5.82 Å². The summed E-state index contributed by atoms with van der Waals surface area (Å²) in [5.74, 6) is -0.389. The third-order valence-electron chi connectivity index (χ3n) is 4.04. The molecule has 0 radical (unpaired) electrons. The SMILES string of the molecule is CC(NC1CCC(C(N)=O)CC1)c1cc(Br)ccc1F. The Bertz CT molecular complexity index is 487. The van der Waals surface area contributed by atoms with Crippen LogP contribution in [0.25, 0.3) is 0 Å². The number of primary amides is 1. The van der Waals surface area contributed by atoms with Crippen LogP contribution < -0.4 is 11.1 Å². The van der Waals surface area contributed by atoms with Crippen molar-refractivity contribution in [1.29, 1.82) is 0 Å². The van der Waals surface area contributed by atoms with Crippen LogP contribution in [0.5, 0.6) is 0 Å². The van der Waals surface area contributed by atoms with Crippen molar-refractivity contribution in [2.75, 3.05) is 0 Å². The first-order valence-electron chi connectivity index (χ1n) is 6.97. The van der Waals surface area contributed by atoms with E-state index in [1.165, 1.54) is 6.07 Å². The Hall–Kier alpha value is -0.940. The summed E-state index contributed by atoms with van der Waals surface area (Å²) in [6, 6.07) is 5.24. The number of amides is 1. The molecule has 1 aromatic rings. The highest BCUT2D eigenvalue weighted by Crippen LogP contribution is 2.27. The van der Waals surface area contributed by atoms with Gasteiger partial charge in [0.15, 0.2) is 0 Å². The molecule has 2 rings (SSSR count). The van der Waals surface area contributed by atoms with Crippen molar-refractivity contribution in [3.05, 3.63) is 34.1 Å². The molecule has 1 unspecified atom stereocenters. The first kappa shape index (κ1) is 15.4. The summed E-state index contributed by atoms with van der Waals surface area (Å²) in [7, 11) is 0. The molecule has 0 spiro atoms. The van der Waals surface area contributed by atoms with Gasteiger partial charge in [-0.1, -0.05) is 15.9 Å². The van der Waals surface area contributed by atoms with Crippen molar-refractivity contribution in [1.82, 2.24) is 5.32 Å². The van der Waals surface area contributed by atoms with Crippen molar-refractivity contribution in [2.24, 2.45) is 11.7 Å². The minimum atomic E-state index is -0.200. The average Bonchev–Trinajstić information content (AvgIpc) is 2.42. The van der Waals surface area contributed by atoms with Crippen molar-refractivity contribution in [3.8, 4) is 0 Å². The van der Waals surface area contributed by atoms with E-state index in [4.69, 9.17) is 5.73 Å². The van der Waals surface area contributed by atoms with Gasteiger partial charge in [0.2, 0.25) is 5.91 Å². The van der Waals surface area contributed by atoms with Crippen molar-refractivity contribution in [2.45, 2.75) is 44.7 Å². The summed E-state index contributed by atoms with van der Waals surface area (Å²) >= 11 is 3.37. The van der Waals surface area contributed by atoms with Crippen LogP contribution in [-0.2, 0) is 4.79 Å². The lowest BCUT2D eigenvalue weighted by atomic mass is 9.85. The molecule has 0 aliphatic heterocycles. The highest BCUT2D eigenvalue weighted by molar-refractivity contribution is 9.10. The topological polar surface area (TPSA) is 55.1 Å². The van der Waals surface area contributed by atoms with E-state index in [-0.39, 0.29) is 23.7 Å².